The number of carbonyl (C=O) groups is 2. The van der Waals surface area contributed by atoms with Crippen molar-refractivity contribution in [2.75, 3.05) is 13.1 Å². The molecule has 0 aromatic rings. The summed E-state index contributed by atoms with van der Waals surface area (Å²) in [6.07, 6.45) is 1.53. The summed E-state index contributed by atoms with van der Waals surface area (Å²) < 4.78 is 0. The van der Waals surface area contributed by atoms with Crippen LogP contribution in [0.4, 0.5) is 0 Å². The highest BCUT2D eigenvalue weighted by Crippen LogP contribution is 2.19. The van der Waals surface area contributed by atoms with E-state index in [1.54, 1.807) is 13.8 Å². The summed E-state index contributed by atoms with van der Waals surface area (Å²) in [6.45, 7) is 8.27. The molecule has 0 saturated heterocycles. The predicted molar refractivity (Wildman–Crippen MR) is 68.4 cm³/mol. The van der Waals surface area contributed by atoms with Gasteiger partial charge < -0.3 is 16.4 Å². The fraction of sp³-hybridized carbons (Fsp3) is 0.833. The average Bonchev–Trinajstić information content (AvgIpc) is 2.34. The number of hydrogen-bond donors (Lipinski definition) is 3. The third-order valence-electron chi connectivity index (χ3n) is 3.07. The Kier molecular flexibility index (Phi) is 6.80. The maximum atomic E-state index is 11.9. The fourth-order valence-corrected chi connectivity index (χ4v) is 1.24. The van der Waals surface area contributed by atoms with Crippen LogP contribution in [0.25, 0.3) is 0 Å². The Bertz CT molecular complexity index is 262. The number of nitrogens with one attached hydrogen (secondary N) is 2. The van der Waals surface area contributed by atoms with Gasteiger partial charge in [0.1, 0.15) is 6.04 Å². The van der Waals surface area contributed by atoms with E-state index in [2.05, 4.69) is 10.6 Å². The van der Waals surface area contributed by atoms with Gasteiger partial charge in [-0.3, -0.25) is 9.59 Å². The molecule has 0 spiro atoms. The second-order valence-corrected chi connectivity index (χ2v) is 4.60. The average molecular weight is 243 g/mol. The van der Waals surface area contributed by atoms with Gasteiger partial charge in [-0.1, -0.05) is 13.8 Å². The molecule has 0 aliphatic carbocycles. The van der Waals surface area contributed by atoms with Crippen molar-refractivity contribution in [3.05, 3.63) is 0 Å². The molecule has 0 saturated carbocycles. The summed E-state index contributed by atoms with van der Waals surface area (Å²) in [5, 5.41) is 5.44. The standard InChI is InChI=1S/C12H25N3O2/c1-5-7-14-10(16)9(3)15-11(17)12(4,6-2)8-13/h9H,5-8,13H2,1-4H3,(H,14,16)(H,15,17). The zero-order valence-corrected chi connectivity index (χ0v) is 11.3. The zero-order valence-electron chi connectivity index (χ0n) is 11.3. The molecule has 0 aromatic heterocycles. The third-order valence-corrected chi connectivity index (χ3v) is 3.07. The number of carbonyl (C=O) groups excluding carboxylic acids is 2. The smallest absolute Gasteiger partial charge is 0.242 e. The van der Waals surface area contributed by atoms with Gasteiger partial charge in [0.05, 0.1) is 5.41 Å². The highest BCUT2D eigenvalue weighted by Gasteiger charge is 2.31. The van der Waals surface area contributed by atoms with Gasteiger partial charge in [0, 0.05) is 13.1 Å². The Morgan fingerprint density at radius 1 is 1.35 bits per heavy atom. The van der Waals surface area contributed by atoms with Crippen molar-refractivity contribution in [3.8, 4) is 0 Å². The van der Waals surface area contributed by atoms with Gasteiger partial charge in [-0.15, -0.1) is 0 Å². The highest BCUT2D eigenvalue weighted by atomic mass is 16.2. The van der Waals surface area contributed by atoms with E-state index in [1.807, 2.05) is 13.8 Å². The number of hydrogen-bond acceptors (Lipinski definition) is 3. The molecular formula is C12H25N3O2. The van der Waals surface area contributed by atoms with Gasteiger partial charge in [-0.2, -0.15) is 0 Å². The Morgan fingerprint density at radius 2 is 1.94 bits per heavy atom. The predicted octanol–water partition coefficient (Wildman–Crippen LogP) is 0.392. The van der Waals surface area contributed by atoms with Crippen molar-refractivity contribution in [1.82, 2.24) is 10.6 Å². The molecule has 4 N–H and O–H groups in total. The summed E-state index contributed by atoms with van der Waals surface area (Å²) >= 11 is 0. The van der Waals surface area contributed by atoms with Crippen LogP contribution in [-0.4, -0.2) is 30.9 Å². The molecule has 0 bridgehead atoms. The summed E-state index contributed by atoms with van der Waals surface area (Å²) in [7, 11) is 0. The second kappa shape index (κ2) is 7.27. The molecule has 17 heavy (non-hydrogen) atoms. The molecule has 0 aromatic carbocycles. The molecule has 0 radical (unpaired) electrons. The van der Waals surface area contributed by atoms with E-state index in [9.17, 15) is 9.59 Å². The van der Waals surface area contributed by atoms with Crippen LogP contribution < -0.4 is 16.4 Å². The molecule has 0 heterocycles. The van der Waals surface area contributed by atoms with Crippen LogP contribution >= 0.6 is 0 Å². The lowest BCUT2D eigenvalue weighted by atomic mass is 9.86. The van der Waals surface area contributed by atoms with E-state index < -0.39 is 11.5 Å². The van der Waals surface area contributed by atoms with Crippen LogP contribution in [0.15, 0.2) is 0 Å². The van der Waals surface area contributed by atoms with Gasteiger partial charge in [0.25, 0.3) is 0 Å². The lowest BCUT2D eigenvalue weighted by molar-refractivity contribution is -0.134. The maximum absolute atomic E-state index is 11.9. The van der Waals surface area contributed by atoms with Crippen LogP contribution in [0.1, 0.15) is 40.5 Å². The monoisotopic (exact) mass is 243 g/mol. The number of nitrogens with two attached hydrogens (primary N) is 1. The Hall–Kier alpha value is -1.10. The molecule has 0 fully saturated rings. The first-order valence-electron chi connectivity index (χ1n) is 6.20. The summed E-state index contributed by atoms with van der Waals surface area (Å²) in [4.78, 5) is 23.5. The van der Waals surface area contributed by atoms with Crippen molar-refractivity contribution in [1.29, 1.82) is 0 Å². The van der Waals surface area contributed by atoms with Crippen molar-refractivity contribution >= 4 is 11.8 Å². The number of amides is 2. The molecule has 2 atom stereocenters. The summed E-state index contributed by atoms with van der Waals surface area (Å²) in [6, 6.07) is -0.522. The number of rotatable bonds is 7. The summed E-state index contributed by atoms with van der Waals surface area (Å²) in [5.74, 6) is -0.322. The normalized spacial score (nSPS) is 15.8. The molecule has 0 aliphatic rings. The molecule has 2 amide bonds. The van der Waals surface area contributed by atoms with Crippen LogP contribution in [0.2, 0.25) is 0 Å². The molecular weight excluding hydrogens is 218 g/mol. The quantitative estimate of drug-likeness (QED) is 0.605. The molecule has 2 unspecified atom stereocenters. The largest absolute Gasteiger partial charge is 0.354 e. The molecule has 5 nitrogen and oxygen atoms in total. The van der Waals surface area contributed by atoms with Crippen LogP contribution in [0, 0.1) is 5.41 Å². The second-order valence-electron chi connectivity index (χ2n) is 4.60. The van der Waals surface area contributed by atoms with Gasteiger partial charge in [0.2, 0.25) is 11.8 Å². The van der Waals surface area contributed by atoms with Crippen LogP contribution in [0.5, 0.6) is 0 Å². The van der Waals surface area contributed by atoms with Crippen molar-refractivity contribution < 1.29 is 9.59 Å². The van der Waals surface area contributed by atoms with Crippen molar-refractivity contribution in [3.63, 3.8) is 0 Å². The Morgan fingerprint density at radius 3 is 2.35 bits per heavy atom. The Balaban J connectivity index is 4.33. The van der Waals surface area contributed by atoms with E-state index in [-0.39, 0.29) is 18.4 Å². The minimum Gasteiger partial charge on any atom is -0.354 e. The minimum absolute atomic E-state index is 0.157. The van der Waals surface area contributed by atoms with Crippen molar-refractivity contribution in [2.45, 2.75) is 46.6 Å². The van der Waals surface area contributed by atoms with E-state index in [4.69, 9.17) is 5.73 Å². The molecule has 100 valence electrons. The molecule has 5 heteroatoms. The third kappa shape index (κ3) is 4.73. The van der Waals surface area contributed by atoms with E-state index >= 15 is 0 Å². The van der Waals surface area contributed by atoms with E-state index in [1.165, 1.54) is 0 Å². The minimum atomic E-state index is -0.598. The van der Waals surface area contributed by atoms with Crippen molar-refractivity contribution in [2.24, 2.45) is 11.1 Å². The molecule has 0 rings (SSSR count). The van der Waals surface area contributed by atoms with E-state index in [0.29, 0.717) is 13.0 Å². The van der Waals surface area contributed by atoms with Gasteiger partial charge in [-0.25, -0.2) is 0 Å². The SMILES string of the molecule is CCCNC(=O)C(C)NC(=O)C(C)(CC)CN. The topological polar surface area (TPSA) is 84.2 Å². The van der Waals surface area contributed by atoms with E-state index in [0.717, 1.165) is 6.42 Å². The highest BCUT2D eigenvalue weighted by molar-refractivity contribution is 5.89. The first-order chi connectivity index (χ1) is 7.91. The lowest BCUT2D eigenvalue weighted by Crippen LogP contribution is -2.51. The molecule has 0 aliphatic heterocycles. The Labute approximate surface area is 104 Å². The first-order valence-corrected chi connectivity index (χ1v) is 6.20. The first kappa shape index (κ1) is 15.9. The fourth-order valence-electron chi connectivity index (χ4n) is 1.24. The lowest BCUT2D eigenvalue weighted by Gasteiger charge is -2.26. The van der Waals surface area contributed by atoms with Crippen LogP contribution in [0.3, 0.4) is 0 Å². The van der Waals surface area contributed by atoms with Gasteiger partial charge in [-0.05, 0) is 26.7 Å². The zero-order chi connectivity index (χ0) is 13.5. The van der Waals surface area contributed by atoms with Gasteiger partial charge in [0.15, 0.2) is 0 Å². The maximum Gasteiger partial charge on any atom is 0.242 e. The van der Waals surface area contributed by atoms with Crippen LogP contribution in [-0.2, 0) is 9.59 Å². The van der Waals surface area contributed by atoms with Gasteiger partial charge >= 0.3 is 0 Å². The summed E-state index contributed by atoms with van der Waals surface area (Å²) in [5.41, 5.74) is 4.99.